The Balaban J connectivity index is 1.90. The molecular formula is C24H25F4NO8P2S. The van der Waals surface area contributed by atoms with E-state index in [1.165, 1.54) is 0 Å². The molecule has 3 aromatic rings. The minimum Gasteiger partial charge on any atom is -0.320 e. The van der Waals surface area contributed by atoms with Crippen molar-refractivity contribution in [2.24, 2.45) is 0 Å². The van der Waals surface area contributed by atoms with Gasteiger partial charge in [-0.15, -0.1) is 0 Å². The minimum atomic E-state index is -5.81. The van der Waals surface area contributed by atoms with Gasteiger partial charge in [0.05, 0.1) is 5.75 Å². The van der Waals surface area contributed by atoms with Gasteiger partial charge in [-0.25, -0.2) is 8.42 Å². The zero-order valence-electron chi connectivity index (χ0n) is 20.5. The summed E-state index contributed by atoms with van der Waals surface area (Å²) in [7, 11) is -15.7. The topological polar surface area (TPSA) is 152 Å². The molecule has 0 unspecified atom stereocenters. The van der Waals surface area contributed by atoms with E-state index in [9.17, 15) is 35.1 Å². The number of sulfonamides is 1. The van der Waals surface area contributed by atoms with Crippen LogP contribution in [-0.2, 0) is 50.0 Å². The number of rotatable bonds is 12. The first-order valence-electron chi connectivity index (χ1n) is 11.4. The van der Waals surface area contributed by atoms with Gasteiger partial charge >= 0.3 is 26.5 Å². The fourth-order valence-corrected chi connectivity index (χ4v) is 6.05. The van der Waals surface area contributed by atoms with Crippen molar-refractivity contribution < 1.29 is 54.7 Å². The molecule has 0 atom stereocenters. The van der Waals surface area contributed by atoms with Crippen molar-refractivity contribution in [2.45, 2.75) is 30.8 Å². The van der Waals surface area contributed by atoms with Gasteiger partial charge in [-0.2, -0.15) is 21.9 Å². The van der Waals surface area contributed by atoms with Crippen molar-refractivity contribution in [2.75, 3.05) is 5.75 Å². The number of hydrogen-bond donors (Lipinski definition) is 4. The minimum absolute atomic E-state index is 0.126. The molecule has 0 bridgehead atoms. The van der Waals surface area contributed by atoms with Gasteiger partial charge in [-0.3, -0.25) is 9.13 Å². The zero-order chi connectivity index (χ0) is 30.0. The summed E-state index contributed by atoms with van der Waals surface area (Å²) in [5.41, 5.74) is -9.74. The molecule has 3 aromatic carbocycles. The first-order valence-corrected chi connectivity index (χ1v) is 16.3. The molecule has 0 fully saturated rings. The summed E-state index contributed by atoms with van der Waals surface area (Å²) >= 11 is 0. The third-order valence-corrected chi connectivity index (χ3v) is 9.68. The molecule has 0 radical (unpaired) electrons. The number of nitrogens with zero attached hydrogens (tertiary/aromatic N) is 1. The summed E-state index contributed by atoms with van der Waals surface area (Å²) in [6.45, 7) is -0.724. The van der Waals surface area contributed by atoms with Crippen molar-refractivity contribution in [3.63, 3.8) is 0 Å². The maximum Gasteiger partial charge on any atom is 0.399 e. The molecule has 0 aliphatic carbocycles. The van der Waals surface area contributed by atoms with Crippen LogP contribution in [-0.4, -0.2) is 38.0 Å². The second-order valence-corrected chi connectivity index (χ2v) is 14.3. The largest absolute Gasteiger partial charge is 0.399 e. The Hall–Kier alpha value is -2.41. The lowest BCUT2D eigenvalue weighted by Gasteiger charge is -2.24. The first-order chi connectivity index (χ1) is 18.3. The van der Waals surface area contributed by atoms with Gasteiger partial charge in [-0.05, 0) is 23.1 Å². The van der Waals surface area contributed by atoms with Crippen LogP contribution in [0.5, 0.6) is 0 Å². The SMILES string of the molecule is O=P(O)(O)C(F)(F)c1ccc(CN(Cc2ccc(C(F)(F)P(=O)(O)O)cc2)S(=O)(=O)CCc2ccccc2)cc1. The van der Waals surface area contributed by atoms with E-state index in [4.69, 9.17) is 19.6 Å². The Kier molecular flexibility index (Phi) is 9.50. The number of hydrogen-bond acceptors (Lipinski definition) is 4. The highest BCUT2D eigenvalue weighted by atomic mass is 32.2. The highest BCUT2D eigenvalue weighted by Gasteiger charge is 2.51. The molecule has 0 aliphatic rings. The lowest BCUT2D eigenvalue weighted by Crippen LogP contribution is -2.33. The van der Waals surface area contributed by atoms with Crippen molar-refractivity contribution in [1.29, 1.82) is 0 Å². The van der Waals surface area contributed by atoms with E-state index in [2.05, 4.69) is 0 Å². The summed E-state index contributed by atoms with van der Waals surface area (Å²) in [6, 6.07) is 16.1. The van der Waals surface area contributed by atoms with Crippen LogP contribution in [0.4, 0.5) is 17.6 Å². The molecule has 3 rings (SSSR count). The average molecular weight is 625 g/mol. The van der Waals surface area contributed by atoms with Gasteiger partial charge in [0.25, 0.3) is 0 Å². The van der Waals surface area contributed by atoms with Gasteiger partial charge in [0.1, 0.15) is 0 Å². The Morgan fingerprint density at radius 1 is 0.625 bits per heavy atom. The predicted molar refractivity (Wildman–Crippen MR) is 138 cm³/mol. The number of benzene rings is 3. The van der Waals surface area contributed by atoms with Crippen LogP contribution in [0.2, 0.25) is 0 Å². The summed E-state index contributed by atoms with van der Waals surface area (Å²) in [6.07, 6.45) is 0.126. The average Bonchev–Trinajstić information content (AvgIpc) is 2.87. The van der Waals surface area contributed by atoms with Crippen molar-refractivity contribution in [3.8, 4) is 0 Å². The lowest BCUT2D eigenvalue weighted by molar-refractivity contribution is 0.0564. The van der Waals surface area contributed by atoms with Gasteiger partial charge in [0, 0.05) is 24.2 Å². The van der Waals surface area contributed by atoms with E-state index < -0.39 is 47.7 Å². The maximum atomic E-state index is 14.0. The monoisotopic (exact) mass is 625 g/mol. The molecule has 0 aromatic heterocycles. The van der Waals surface area contributed by atoms with Crippen LogP contribution >= 0.6 is 15.2 Å². The van der Waals surface area contributed by atoms with E-state index in [0.29, 0.717) is 0 Å². The van der Waals surface area contributed by atoms with Crippen LogP contribution in [0.1, 0.15) is 27.8 Å². The fraction of sp³-hybridized carbons (Fsp3) is 0.250. The highest BCUT2D eigenvalue weighted by Crippen LogP contribution is 2.60. The van der Waals surface area contributed by atoms with Crippen LogP contribution in [0.3, 0.4) is 0 Å². The molecule has 0 amide bonds. The molecule has 218 valence electrons. The third kappa shape index (κ3) is 7.45. The summed E-state index contributed by atoms with van der Waals surface area (Å²) < 4.78 is 106. The van der Waals surface area contributed by atoms with E-state index in [1.807, 2.05) is 0 Å². The fourth-order valence-electron chi connectivity index (χ4n) is 3.64. The van der Waals surface area contributed by atoms with E-state index >= 15 is 0 Å². The zero-order valence-corrected chi connectivity index (χ0v) is 23.1. The molecule has 0 aliphatic heterocycles. The second-order valence-electron chi connectivity index (χ2n) is 8.88. The van der Waals surface area contributed by atoms with E-state index in [1.54, 1.807) is 30.3 Å². The summed E-state index contributed by atoms with van der Waals surface area (Å²) in [5.74, 6) is -0.361. The molecule has 9 nitrogen and oxygen atoms in total. The smallest absolute Gasteiger partial charge is 0.320 e. The number of alkyl halides is 4. The molecule has 40 heavy (non-hydrogen) atoms. The maximum absolute atomic E-state index is 14.0. The normalized spacial score (nSPS) is 13.5. The van der Waals surface area contributed by atoms with Gasteiger partial charge in [0.2, 0.25) is 10.0 Å². The van der Waals surface area contributed by atoms with Crippen molar-refractivity contribution in [3.05, 3.63) is 107 Å². The van der Waals surface area contributed by atoms with Crippen LogP contribution in [0.15, 0.2) is 78.9 Å². The van der Waals surface area contributed by atoms with Crippen LogP contribution in [0.25, 0.3) is 0 Å². The van der Waals surface area contributed by atoms with Gasteiger partial charge in [0.15, 0.2) is 0 Å². The first kappa shape index (κ1) is 32.1. The van der Waals surface area contributed by atoms with E-state index in [-0.39, 0.29) is 36.4 Å². The van der Waals surface area contributed by atoms with Crippen LogP contribution in [0, 0.1) is 0 Å². The third-order valence-electron chi connectivity index (χ3n) is 5.94. The Labute approximate surface area is 227 Å². The van der Waals surface area contributed by atoms with Crippen LogP contribution < -0.4 is 0 Å². The summed E-state index contributed by atoms with van der Waals surface area (Å²) in [5, 5.41) is 0. The predicted octanol–water partition coefficient (Wildman–Crippen LogP) is 4.72. The Morgan fingerprint density at radius 2 is 1.00 bits per heavy atom. The summed E-state index contributed by atoms with van der Waals surface area (Å²) in [4.78, 5) is 35.7. The molecule has 16 heteroatoms. The molecule has 0 saturated heterocycles. The highest BCUT2D eigenvalue weighted by molar-refractivity contribution is 7.89. The molecule has 0 heterocycles. The quantitative estimate of drug-likeness (QED) is 0.167. The second kappa shape index (κ2) is 11.8. The standard InChI is InChI=1S/C24H25F4NO8P2S/c25-23(26,38(30,31)32)21-10-6-19(7-11-21)16-29(40(36,37)15-14-18-4-2-1-3-5-18)17-20-8-12-22(13-9-20)24(27,28)39(33,34)35/h1-13H,14-17H2,(H2,30,31,32)(H2,33,34,35). The molecular weight excluding hydrogens is 600 g/mol. The van der Waals surface area contributed by atoms with Gasteiger partial charge < -0.3 is 19.6 Å². The molecule has 4 N–H and O–H groups in total. The molecule has 0 spiro atoms. The number of halogens is 4. The Morgan fingerprint density at radius 3 is 1.35 bits per heavy atom. The van der Waals surface area contributed by atoms with E-state index in [0.717, 1.165) is 58.4 Å². The Bertz CT molecular complexity index is 1430. The number of aryl methyl sites for hydroxylation is 1. The van der Waals surface area contributed by atoms with Crippen molar-refractivity contribution >= 4 is 25.2 Å². The lowest BCUT2D eigenvalue weighted by atomic mass is 10.1. The van der Waals surface area contributed by atoms with Crippen molar-refractivity contribution in [1.82, 2.24) is 4.31 Å². The molecule has 0 saturated carbocycles. The van der Waals surface area contributed by atoms with Gasteiger partial charge in [-0.1, -0.05) is 78.9 Å².